The van der Waals surface area contributed by atoms with Crippen molar-refractivity contribution in [3.05, 3.63) is 0 Å². The zero-order valence-corrected chi connectivity index (χ0v) is 6.79. The molecule has 0 fully saturated rings. The number of hydrogen-bond donors (Lipinski definition) is 0. The fourth-order valence-electron chi connectivity index (χ4n) is 0.110. The van der Waals surface area contributed by atoms with E-state index in [0.29, 0.717) is 0 Å². The van der Waals surface area contributed by atoms with E-state index in [1.807, 2.05) is 0 Å². The van der Waals surface area contributed by atoms with E-state index in [4.69, 9.17) is 0 Å². The number of alkyl halides is 5. The lowest BCUT2D eigenvalue weighted by Crippen LogP contribution is -2.18. The lowest BCUT2D eigenvalue weighted by Gasteiger charge is -2.05. The average molecular weight is 256 g/mol. The number of halogens is 5. The molecule has 0 radical (unpaired) electrons. The van der Waals surface area contributed by atoms with Gasteiger partial charge in [-0.1, -0.05) is 0 Å². The van der Waals surface area contributed by atoms with Gasteiger partial charge in [-0.15, -0.1) is 0 Å². The summed E-state index contributed by atoms with van der Waals surface area (Å²) in [6, 6.07) is 0. The molecule has 50 valence electrons. The first-order valence-electron chi connectivity index (χ1n) is 1.76. The van der Waals surface area contributed by atoms with Crippen LogP contribution in [0.1, 0.15) is 0 Å². The molecule has 0 N–H and O–H groups in total. The van der Waals surface area contributed by atoms with Gasteiger partial charge in [0.15, 0.2) is 16.3 Å². The topological polar surface area (TPSA) is 0 Å². The summed E-state index contributed by atoms with van der Waals surface area (Å²) in [6.07, 6.45) is -2.13. The van der Waals surface area contributed by atoms with Gasteiger partial charge in [0.25, 0.3) is 0 Å². The van der Waals surface area contributed by atoms with Gasteiger partial charge in [0.2, 0.25) is 0 Å². The van der Waals surface area contributed by atoms with Crippen molar-refractivity contribution in [2.75, 3.05) is 0 Å². The van der Waals surface area contributed by atoms with Crippen LogP contribution >= 0.6 is 31.9 Å². The molecule has 0 spiro atoms. The molecule has 0 aliphatic heterocycles. The summed E-state index contributed by atoms with van der Waals surface area (Å²) in [4.78, 5) is 0. The number of rotatable bonds is 2. The summed E-state index contributed by atoms with van der Waals surface area (Å²) in [5.41, 5.74) is 0. The van der Waals surface area contributed by atoms with E-state index in [1.165, 1.54) is 0 Å². The van der Waals surface area contributed by atoms with Gasteiger partial charge < -0.3 is 0 Å². The minimum atomic E-state index is -2.13. The highest BCUT2D eigenvalue weighted by molar-refractivity contribution is 9.10. The van der Waals surface area contributed by atoms with Gasteiger partial charge in [0.1, 0.15) is 0 Å². The third-order valence-corrected chi connectivity index (χ3v) is 1.49. The van der Waals surface area contributed by atoms with Gasteiger partial charge in [-0.05, 0) is 31.9 Å². The Hall–Kier alpha value is 0.750. The molecule has 0 saturated carbocycles. The van der Waals surface area contributed by atoms with Crippen LogP contribution < -0.4 is 0 Å². The zero-order valence-electron chi connectivity index (χ0n) is 3.62. The Morgan fingerprint density at radius 2 is 1.12 bits per heavy atom. The van der Waals surface area contributed by atoms with Crippen molar-refractivity contribution in [3.63, 3.8) is 0 Å². The van der Waals surface area contributed by atoms with Crippen molar-refractivity contribution in [1.82, 2.24) is 0 Å². The molecule has 0 amide bonds. The van der Waals surface area contributed by atoms with Gasteiger partial charge in [-0.3, -0.25) is 0 Å². The Labute approximate surface area is 61.7 Å². The molecule has 2 atom stereocenters. The molecule has 2 unspecified atom stereocenters. The molecule has 0 aliphatic rings. The number of hydrogen-bond acceptors (Lipinski definition) is 0. The first kappa shape index (κ1) is 8.75. The predicted molar refractivity (Wildman–Crippen MR) is 32.5 cm³/mol. The predicted octanol–water partition coefficient (Wildman–Crippen LogP) is 2.71. The van der Waals surface area contributed by atoms with Gasteiger partial charge in [0, 0.05) is 0 Å². The third kappa shape index (κ3) is 2.91. The maximum absolute atomic E-state index is 11.8. The van der Waals surface area contributed by atoms with Crippen molar-refractivity contribution < 1.29 is 13.2 Å². The summed E-state index contributed by atoms with van der Waals surface area (Å²) in [7, 11) is 0. The molecule has 5 heteroatoms. The Bertz CT molecular complexity index is 57.5. The van der Waals surface area contributed by atoms with Gasteiger partial charge in [-0.25, -0.2) is 13.2 Å². The third-order valence-electron chi connectivity index (χ3n) is 0.481. The first-order valence-corrected chi connectivity index (χ1v) is 3.59. The van der Waals surface area contributed by atoms with Crippen molar-refractivity contribution in [2.45, 2.75) is 16.3 Å². The van der Waals surface area contributed by atoms with Crippen LogP contribution in [0.25, 0.3) is 0 Å². The zero-order chi connectivity index (χ0) is 6.73. The maximum atomic E-state index is 11.8. The smallest absolute Gasteiger partial charge is 0.189 e. The minimum Gasteiger partial charge on any atom is -0.239 e. The molecule has 0 aliphatic carbocycles. The summed E-state index contributed by atoms with van der Waals surface area (Å²) in [5.74, 6) is 0. The molecule has 0 heterocycles. The lowest BCUT2D eigenvalue weighted by atomic mass is 10.5. The maximum Gasteiger partial charge on any atom is 0.189 e. The normalized spacial score (nSPS) is 22.1. The van der Waals surface area contributed by atoms with Crippen molar-refractivity contribution in [2.24, 2.45) is 0 Å². The second-order valence-corrected chi connectivity index (χ2v) is 2.86. The molecular formula is C3H3Br2F3. The van der Waals surface area contributed by atoms with E-state index in [-0.39, 0.29) is 0 Å². The van der Waals surface area contributed by atoms with Gasteiger partial charge in [0.05, 0.1) is 0 Å². The lowest BCUT2D eigenvalue weighted by molar-refractivity contribution is 0.181. The summed E-state index contributed by atoms with van der Waals surface area (Å²) < 4.78 is 35.0. The van der Waals surface area contributed by atoms with Crippen LogP contribution in [-0.2, 0) is 0 Å². The van der Waals surface area contributed by atoms with Gasteiger partial charge >= 0.3 is 0 Å². The van der Waals surface area contributed by atoms with Gasteiger partial charge in [-0.2, -0.15) is 0 Å². The van der Waals surface area contributed by atoms with E-state index in [9.17, 15) is 13.2 Å². The molecule has 8 heavy (non-hydrogen) atoms. The molecule has 0 saturated heterocycles. The van der Waals surface area contributed by atoms with Crippen LogP contribution in [0.15, 0.2) is 0 Å². The van der Waals surface area contributed by atoms with Crippen LogP contribution in [0.3, 0.4) is 0 Å². The van der Waals surface area contributed by atoms with E-state index in [2.05, 4.69) is 31.9 Å². The Morgan fingerprint density at radius 3 is 1.12 bits per heavy atom. The molecule has 0 bridgehead atoms. The SMILES string of the molecule is FC(Br)C(F)C(F)Br. The quantitative estimate of drug-likeness (QED) is 0.666. The summed E-state index contributed by atoms with van der Waals surface area (Å²) >= 11 is 4.46. The molecular weight excluding hydrogens is 253 g/mol. The minimum absolute atomic E-state index is 1.93. The van der Waals surface area contributed by atoms with Crippen molar-refractivity contribution in [1.29, 1.82) is 0 Å². The van der Waals surface area contributed by atoms with Crippen LogP contribution in [-0.4, -0.2) is 16.3 Å². The summed E-state index contributed by atoms with van der Waals surface area (Å²) in [6.45, 7) is 0. The average Bonchev–Trinajstić information content (AvgIpc) is 1.64. The highest BCUT2D eigenvalue weighted by atomic mass is 79.9. The second kappa shape index (κ2) is 3.71. The Balaban J connectivity index is 3.46. The Morgan fingerprint density at radius 1 is 0.875 bits per heavy atom. The summed E-state index contributed by atoms with van der Waals surface area (Å²) in [5, 5.41) is -3.87. The molecule has 0 rings (SSSR count). The van der Waals surface area contributed by atoms with E-state index in [0.717, 1.165) is 0 Å². The van der Waals surface area contributed by atoms with E-state index < -0.39 is 16.3 Å². The molecule has 0 aromatic carbocycles. The second-order valence-electron chi connectivity index (χ2n) is 1.11. The van der Waals surface area contributed by atoms with Crippen molar-refractivity contribution >= 4 is 31.9 Å². The first-order chi connectivity index (χ1) is 3.55. The highest BCUT2D eigenvalue weighted by Gasteiger charge is 2.24. The van der Waals surface area contributed by atoms with Crippen LogP contribution in [0.4, 0.5) is 13.2 Å². The fraction of sp³-hybridized carbons (Fsp3) is 1.00. The van der Waals surface area contributed by atoms with Crippen LogP contribution in [0.5, 0.6) is 0 Å². The Kier molecular flexibility index (Phi) is 4.06. The van der Waals surface area contributed by atoms with E-state index in [1.54, 1.807) is 0 Å². The molecule has 0 aromatic rings. The standard InChI is InChI=1S/C3H3Br2F3/c4-2(7)1(6)3(5)8/h1-3H. The van der Waals surface area contributed by atoms with E-state index >= 15 is 0 Å². The molecule has 0 aromatic heterocycles. The largest absolute Gasteiger partial charge is 0.239 e. The molecule has 0 nitrogen and oxygen atoms in total. The van der Waals surface area contributed by atoms with Crippen LogP contribution in [0.2, 0.25) is 0 Å². The highest BCUT2D eigenvalue weighted by Crippen LogP contribution is 2.20. The fourth-order valence-corrected chi connectivity index (χ4v) is 1.06. The van der Waals surface area contributed by atoms with Crippen molar-refractivity contribution in [3.8, 4) is 0 Å². The monoisotopic (exact) mass is 254 g/mol. The van der Waals surface area contributed by atoms with Crippen LogP contribution in [0, 0.1) is 0 Å².